The number of rotatable bonds is 8. The van der Waals surface area contributed by atoms with Gasteiger partial charge in [-0.3, -0.25) is 9.59 Å². The first kappa shape index (κ1) is 19.2. The van der Waals surface area contributed by atoms with E-state index in [-0.39, 0.29) is 17.9 Å². The van der Waals surface area contributed by atoms with E-state index in [9.17, 15) is 9.59 Å². The third-order valence-electron chi connectivity index (χ3n) is 3.79. The van der Waals surface area contributed by atoms with E-state index < -0.39 is 6.10 Å². The number of nitrogens with zero attached hydrogens (tertiary/aromatic N) is 1. The minimum absolute atomic E-state index is 0.00187. The first-order valence-corrected chi connectivity index (χ1v) is 8.16. The summed E-state index contributed by atoms with van der Waals surface area (Å²) in [6, 6.07) is 7.48. The number of benzene rings is 1. The van der Waals surface area contributed by atoms with Gasteiger partial charge >= 0.3 is 0 Å². The quantitative estimate of drug-likeness (QED) is 0.801. The molecule has 5 heteroatoms. The maximum Gasteiger partial charge on any atom is 0.253 e. The number of nitrogens with one attached hydrogen (secondary N) is 1. The monoisotopic (exact) mass is 320 g/mol. The first-order chi connectivity index (χ1) is 10.9. The molecule has 0 bridgehead atoms. The largest absolute Gasteiger partial charge is 0.369 e. The standard InChI is InChI=1S/C18H28N2O3/c1-6-16(23-7-2)17(21)19-12-14-8-10-15(11-9-14)18(22)20(5)13(3)4/h8-11,13,16H,6-7,12H2,1-5H3,(H,19,21)/t16-/m1/s1. The van der Waals surface area contributed by atoms with Gasteiger partial charge < -0.3 is 15.0 Å². The Balaban J connectivity index is 2.61. The molecule has 0 heterocycles. The molecule has 1 N–H and O–H groups in total. The Morgan fingerprint density at radius 1 is 1.17 bits per heavy atom. The third-order valence-corrected chi connectivity index (χ3v) is 3.79. The number of carbonyl (C=O) groups is 2. The minimum atomic E-state index is -0.402. The van der Waals surface area contributed by atoms with Crippen LogP contribution in [-0.4, -0.2) is 42.5 Å². The lowest BCUT2D eigenvalue weighted by atomic mass is 10.1. The van der Waals surface area contributed by atoms with Crippen molar-refractivity contribution >= 4 is 11.8 Å². The molecule has 5 nitrogen and oxygen atoms in total. The Kier molecular flexibility index (Phi) is 7.75. The number of ether oxygens (including phenoxy) is 1. The van der Waals surface area contributed by atoms with Crippen LogP contribution in [0.3, 0.4) is 0 Å². The van der Waals surface area contributed by atoms with Crippen molar-refractivity contribution in [2.75, 3.05) is 13.7 Å². The highest BCUT2D eigenvalue weighted by Crippen LogP contribution is 2.09. The molecule has 1 aromatic carbocycles. The van der Waals surface area contributed by atoms with Crippen LogP contribution in [0.4, 0.5) is 0 Å². The fraction of sp³-hybridized carbons (Fsp3) is 0.556. The summed E-state index contributed by atoms with van der Waals surface area (Å²) in [6.45, 7) is 8.70. The zero-order valence-corrected chi connectivity index (χ0v) is 14.8. The van der Waals surface area contributed by atoms with Gasteiger partial charge in [0.05, 0.1) is 0 Å². The molecule has 1 aromatic rings. The van der Waals surface area contributed by atoms with Crippen LogP contribution in [0, 0.1) is 0 Å². The lowest BCUT2D eigenvalue weighted by Crippen LogP contribution is -2.35. The number of hydrogen-bond acceptors (Lipinski definition) is 3. The highest BCUT2D eigenvalue weighted by atomic mass is 16.5. The van der Waals surface area contributed by atoms with E-state index in [0.717, 1.165) is 5.56 Å². The van der Waals surface area contributed by atoms with Crippen molar-refractivity contribution in [1.82, 2.24) is 10.2 Å². The fourth-order valence-corrected chi connectivity index (χ4v) is 2.09. The molecule has 0 unspecified atom stereocenters. The van der Waals surface area contributed by atoms with E-state index in [1.165, 1.54) is 0 Å². The second-order valence-corrected chi connectivity index (χ2v) is 5.78. The summed E-state index contributed by atoms with van der Waals surface area (Å²) >= 11 is 0. The number of carbonyl (C=O) groups excluding carboxylic acids is 2. The van der Waals surface area contributed by atoms with Crippen molar-refractivity contribution < 1.29 is 14.3 Å². The smallest absolute Gasteiger partial charge is 0.253 e. The van der Waals surface area contributed by atoms with Crippen LogP contribution in [0.15, 0.2) is 24.3 Å². The molecule has 0 aliphatic rings. The summed E-state index contributed by atoms with van der Waals surface area (Å²) in [5, 5.41) is 2.87. The van der Waals surface area contributed by atoms with Crippen LogP contribution < -0.4 is 5.32 Å². The van der Waals surface area contributed by atoms with Crippen molar-refractivity contribution in [1.29, 1.82) is 0 Å². The van der Waals surface area contributed by atoms with Crippen molar-refractivity contribution in [2.45, 2.75) is 52.8 Å². The minimum Gasteiger partial charge on any atom is -0.369 e. The molecule has 0 aliphatic carbocycles. The SMILES string of the molecule is CCO[C@H](CC)C(=O)NCc1ccc(C(=O)N(C)C(C)C)cc1. The molecule has 0 aromatic heterocycles. The zero-order valence-electron chi connectivity index (χ0n) is 14.8. The molecule has 1 rings (SSSR count). The van der Waals surface area contributed by atoms with E-state index in [0.29, 0.717) is 25.1 Å². The predicted molar refractivity (Wildman–Crippen MR) is 91.2 cm³/mol. The van der Waals surface area contributed by atoms with Crippen molar-refractivity contribution in [3.63, 3.8) is 0 Å². The second kappa shape index (κ2) is 9.30. The molecule has 0 spiro atoms. The summed E-state index contributed by atoms with van der Waals surface area (Å²) in [6.07, 6.45) is 0.245. The molecule has 0 fully saturated rings. The lowest BCUT2D eigenvalue weighted by molar-refractivity contribution is -0.132. The van der Waals surface area contributed by atoms with E-state index in [1.807, 2.05) is 39.8 Å². The van der Waals surface area contributed by atoms with Gasteiger partial charge in [-0.1, -0.05) is 19.1 Å². The Hall–Kier alpha value is -1.88. The predicted octanol–water partition coefficient (Wildman–Crippen LogP) is 2.60. The van der Waals surface area contributed by atoms with Gasteiger partial charge in [0.1, 0.15) is 6.10 Å². The average Bonchev–Trinajstić information content (AvgIpc) is 2.56. The number of amides is 2. The maximum atomic E-state index is 12.2. The van der Waals surface area contributed by atoms with Gasteiger partial charge in [0, 0.05) is 31.8 Å². The van der Waals surface area contributed by atoms with Crippen LogP contribution in [-0.2, 0) is 16.1 Å². The van der Waals surface area contributed by atoms with Crippen molar-refractivity contribution in [3.8, 4) is 0 Å². The Morgan fingerprint density at radius 3 is 2.26 bits per heavy atom. The van der Waals surface area contributed by atoms with Crippen LogP contribution in [0.25, 0.3) is 0 Å². The lowest BCUT2D eigenvalue weighted by Gasteiger charge is -2.21. The molecular formula is C18H28N2O3. The van der Waals surface area contributed by atoms with Gasteiger partial charge in [-0.25, -0.2) is 0 Å². The van der Waals surface area contributed by atoms with Gasteiger partial charge in [0.25, 0.3) is 5.91 Å². The summed E-state index contributed by atoms with van der Waals surface area (Å²) in [5.74, 6) is -0.105. The maximum absolute atomic E-state index is 12.2. The Morgan fingerprint density at radius 2 is 1.78 bits per heavy atom. The van der Waals surface area contributed by atoms with Gasteiger partial charge in [0.2, 0.25) is 5.91 Å². The van der Waals surface area contributed by atoms with Crippen LogP contribution in [0.1, 0.15) is 50.0 Å². The van der Waals surface area contributed by atoms with Gasteiger partial charge in [-0.05, 0) is 44.9 Å². The molecule has 128 valence electrons. The molecule has 1 atom stereocenters. The van der Waals surface area contributed by atoms with Gasteiger partial charge in [0.15, 0.2) is 0 Å². The van der Waals surface area contributed by atoms with E-state index in [4.69, 9.17) is 4.74 Å². The van der Waals surface area contributed by atoms with Crippen LogP contribution in [0.5, 0.6) is 0 Å². The topological polar surface area (TPSA) is 58.6 Å². The Bertz CT molecular complexity index is 512. The summed E-state index contributed by atoms with van der Waals surface area (Å²) in [4.78, 5) is 25.9. The van der Waals surface area contributed by atoms with Crippen molar-refractivity contribution in [3.05, 3.63) is 35.4 Å². The van der Waals surface area contributed by atoms with Crippen LogP contribution in [0.2, 0.25) is 0 Å². The Labute approximate surface area is 139 Å². The van der Waals surface area contributed by atoms with Crippen LogP contribution >= 0.6 is 0 Å². The highest BCUT2D eigenvalue weighted by molar-refractivity contribution is 5.94. The average molecular weight is 320 g/mol. The van der Waals surface area contributed by atoms with Gasteiger partial charge in [-0.2, -0.15) is 0 Å². The number of hydrogen-bond donors (Lipinski definition) is 1. The highest BCUT2D eigenvalue weighted by Gasteiger charge is 2.16. The van der Waals surface area contributed by atoms with E-state index in [1.54, 1.807) is 24.1 Å². The normalized spacial score (nSPS) is 12.1. The third kappa shape index (κ3) is 5.67. The fourth-order valence-electron chi connectivity index (χ4n) is 2.09. The second-order valence-electron chi connectivity index (χ2n) is 5.78. The van der Waals surface area contributed by atoms with Crippen molar-refractivity contribution in [2.24, 2.45) is 0 Å². The zero-order chi connectivity index (χ0) is 17.4. The first-order valence-electron chi connectivity index (χ1n) is 8.16. The molecule has 0 saturated carbocycles. The van der Waals surface area contributed by atoms with Gasteiger partial charge in [-0.15, -0.1) is 0 Å². The van der Waals surface area contributed by atoms with E-state index >= 15 is 0 Å². The molecule has 0 saturated heterocycles. The summed E-state index contributed by atoms with van der Waals surface area (Å²) < 4.78 is 5.38. The molecular weight excluding hydrogens is 292 g/mol. The summed E-state index contributed by atoms with van der Waals surface area (Å²) in [5.41, 5.74) is 1.60. The molecule has 0 radical (unpaired) electrons. The molecule has 0 aliphatic heterocycles. The molecule has 23 heavy (non-hydrogen) atoms. The summed E-state index contributed by atoms with van der Waals surface area (Å²) in [7, 11) is 1.79. The molecule has 2 amide bonds. The van der Waals surface area contributed by atoms with E-state index in [2.05, 4.69) is 5.32 Å².